The molecule has 0 aliphatic rings. The minimum Gasteiger partial charge on any atom is -0.394 e. The summed E-state index contributed by atoms with van der Waals surface area (Å²) in [5, 5.41) is 25.1. The van der Waals surface area contributed by atoms with Gasteiger partial charge in [0.2, 0.25) is 5.95 Å². The highest BCUT2D eigenvalue weighted by Gasteiger charge is 2.21. The summed E-state index contributed by atoms with van der Waals surface area (Å²) in [5.41, 5.74) is 0.655. The number of rotatable bonds is 8. The molecule has 0 saturated heterocycles. The highest BCUT2D eigenvalue weighted by Crippen LogP contribution is 2.33. The zero-order chi connectivity index (χ0) is 29.3. The molecule has 0 saturated carbocycles. The van der Waals surface area contributed by atoms with Gasteiger partial charge >= 0.3 is 0 Å². The first-order chi connectivity index (χ1) is 19.7. The van der Waals surface area contributed by atoms with Gasteiger partial charge in [-0.2, -0.15) is 4.98 Å². The summed E-state index contributed by atoms with van der Waals surface area (Å²) in [5.74, 6) is -2.51. The molecule has 210 valence electrons. The van der Waals surface area contributed by atoms with E-state index in [1.54, 1.807) is 42.9 Å². The van der Waals surface area contributed by atoms with Gasteiger partial charge in [-0.1, -0.05) is 12.1 Å². The molecule has 11 nitrogen and oxygen atoms in total. The van der Waals surface area contributed by atoms with Gasteiger partial charge in [-0.25, -0.2) is 18.7 Å². The fourth-order valence-corrected chi connectivity index (χ4v) is 4.32. The number of carbonyl (C=O) groups excluding carboxylic acids is 1. The van der Waals surface area contributed by atoms with Crippen molar-refractivity contribution in [2.45, 2.75) is 13.0 Å². The van der Waals surface area contributed by atoms with Crippen LogP contribution in [0.1, 0.15) is 16.1 Å². The van der Waals surface area contributed by atoms with Crippen LogP contribution < -0.4 is 16.2 Å². The van der Waals surface area contributed by atoms with Crippen molar-refractivity contribution in [3.8, 4) is 16.9 Å². The number of anilines is 2. The van der Waals surface area contributed by atoms with Gasteiger partial charge in [0.1, 0.15) is 23.0 Å². The van der Waals surface area contributed by atoms with E-state index in [2.05, 4.69) is 25.6 Å². The number of imidazole rings is 1. The lowest BCUT2D eigenvalue weighted by atomic mass is 10.0. The van der Waals surface area contributed by atoms with E-state index in [-0.39, 0.29) is 28.4 Å². The number of pyridine rings is 1. The molecule has 0 spiro atoms. The molecule has 5 rings (SSSR count). The number of benzene rings is 2. The minimum absolute atomic E-state index is 0.112. The Kier molecular flexibility index (Phi) is 7.55. The number of nitrogens with zero attached hydrogens (tertiary/aromatic N) is 5. The van der Waals surface area contributed by atoms with Crippen LogP contribution in [0.5, 0.6) is 0 Å². The van der Waals surface area contributed by atoms with E-state index in [1.165, 1.54) is 18.5 Å². The summed E-state index contributed by atoms with van der Waals surface area (Å²) >= 11 is 0. The van der Waals surface area contributed by atoms with Gasteiger partial charge < -0.3 is 25.4 Å². The summed E-state index contributed by atoms with van der Waals surface area (Å²) in [4.78, 5) is 38.8. The van der Waals surface area contributed by atoms with Crippen molar-refractivity contribution in [2.24, 2.45) is 7.05 Å². The quantitative estimate of drug-likeness (QED) is 0.226. The third-order valence-electron chi connectivity index (χ3n) is 6.37. The van der Waals surface area contributed by atoms with Gasteiger partial charge in [0.15, 0.2) is 5.65 Å². The lowest BCUT2D eigenvalue weighted by Gasteiger charge is -2.18. The Morgan fingerprint density at radius 3 is 2.44 bits per heavy atom. The molecular weight excluding hydrogens is 536 g/mol. The Morgan fingerprint density at radius 2 is 1.78 bits per heavy atom. The molecule has 41 heavy (non-hydrogen) atoms. The number of aryl methyl sites for hydroxylation is 2. The van der Waals surface area contributed by atoms with Crippen LogP contribution in [0, 0.1) is 18.6 Å². The van der Waals surface area contributed by atoms with E-state index in [0.717, 1.165) is 28.3 Å². The molecule has 1 amide bonds. The number of nitrogens with one attached hydrogen (secondary N) is 2. The number of aliphatic hydroxyl groups is 2. The summed E-state index contributed by atoms with van der Waals surface area (Å²) in [6, 6.07) is 10.1. The van der Waals surface area contributed by atoms with Crippen LogP contribution in [0.4, 0.5) is 20.4 Å². The number of hydrogen-bond donors (Lipinski definition) is 4. The SMILES string of the molecule is Cc1ccc(NC(=O)c2cn(C)cn2)cc1-c1nc(NC(CO)CO)nc2c1ccc(=O)n2-c1c(F)cccc1F. The second-order valence-corrected chi connectivity index (χ2v) is 9.32. The number of aliphatic hydroxyl groups excluding tert-OH is 2. The number of halogens is 2. The standard InChI is InChI=1S/C28H25F2N7O4/c1-15-6-7-16(32-27(41)22-11-36(2)14-31-22)10-19(15)24-18-8-9-23(40)37(25-20(29)4-3-5-21(25)30)26(18)35-28(34-24)33-17(12-38)13-39/h3-11,14,17,38-39H,12-13H2,1-2H3,(H,32,41)(H,33,34,35). The lowest BCUT2D eigenvalue weighted by Crippen LogP contribution is -2.29. The average molecular weight is 562 g/mol. The smallest absolute Gasteiger partial charge is 0.275 e. The molecule has 0 aliphatic carbocycles. The molecule has 13 heteroatoms. The highest BCUT2D eigenvalue weighted by atomic mass is 19.1. The normalized spacial score (nSPS) is 11.3. The van der Waals surface area contributed by atoms with Crippen molar-refractivity contribution in [1.29, 1.82) is 0 Å². The van der Waals surface area contributed by atoms with Crippen LogP contribution in [0.25, 0.3) is 28.0 Å². The largest absolute Gasteiger partial charge is 0.394 e. The Hall–Kier alpha value is -5.01. The first-order valence-corrected chi connectivity index (χ1v) is 12.5. The fourth-order valence-electron chi connectivity index (χ4n) is 4.32. The highest BCUT2D eigenvalue weighted by molar-refractivity contribution is 6.03. The second-order valence-electron chi connectivity index (χ2n) is 9.32. The van der Waals surface area contributed by atoms with E-state index >= 15 is 0 Å². The fraction of sp³-hybridized carbons (Fsp3) is 0.179. The molecule has 0 radical (unpaired) electrons. The molecule has 2 aromatic carbocycles. The van der Waals surface area contributed by atoms with E-state index < -0.39 is 48.0 Å². The first kappa shape index (κ1) is 27.6. The Morgan fingerprint density at radius 1 is 1.05 bits per heavy atom. The average Bonchev–Trinajstić information content (AvgIpc) is 3.39. The van der Waals surface area contributed by atoms with Crippen LogP contribution in [-0.2, 0) is 7.05 Å². The van der Waals surface area contributed by atoms with Crippen LogP contribution in [0.3, 0.4) is 0 Å². The van der Waals surface area contributed by atoms with Crippen molar-refractivity contribution in [3.63, 3.8) is 0 Å². The van der Waals surface area contributed by atoms with Gasteiger partial charge in [0, 0.05) is 35.9 Å². The number of carbonyl (C=O) groups is 1. The zero-order valence-electron chi connectivity index (χ0n) is 22.0. The zero-order valence-corrected chi connectivity index (χ0v) is 22.0. The molecule has 3 aromatic heterocycles. The summed E-state index contributed by atoms with van der Waals surface area (Å²) < 4.78 is 32.2. The van der Waals surface area contributed by atoms with E-state index in [1.807, 2.05) is 0 Å². The molecular formula is C28H25F2N7O4. The molecule has 0 bridgehead atoms. The molecule has 0 aliphatic heterocycles. The van der Waals surface area contributed by atoms with Crippen molar-refractivity contribution in [1.82, 2.24) is 24.1 Å². The Labute approximate surface area is 231 Å². The molecule has 0 fully saturated rings. The number of aromatic nitrogens is 5. The Bertz CT molecular complexity index is 1810. The van der Waals surface area contributed by atoms with Gasteiger partial charge in [-0.3, -0.25) is 14.2 Å². The maximum Gasteiger partial charge on any atom is 0.275 e. The summed E-state index contributed by atoms with van der Waals surface area (Å²) in [6.45, 7) is 0.868. The maximum atomic E-state index is 14.9. The third-order valence-corrected chi connectivity index (χ3v) is 6.37. The number of fused-ring (bicyclic) bond motifs is 1. The Balaban J connectivity index is 1.74. The topological polar surface area (TPSA) is 147 Å². The van der Waals surface area contributed by atoms with Crippen molar-refractivity contribution in [3.05, 3.63) is 94.3 Å². The van der Waals surface area contributed by atoms with Crippen LogP contribution >= 0.6 is 0 Å². The minimum atomic E-state index is -0.978. The third kappa shape index (κ3) is 5.40. The predicted octanol–water partition coefficient (Wildman–Crippen LogP) is 2.79. The van der Waals surface area contributed by atoms with E-state index in [0.29, 0.717) is 11.3 Å². The van der Waals surface area contributed by atoms with Gasteiger partial charge in [-0.15, -0.1) is 0 Å². The van der Waals surface area contributed by atoms with Crippen LogP contribution in [-0.4, -0.2) is 59.5 Å². The van der Waals surface area contributed by atoms with Gasteiger partial charge in [0.25, 0.3) is 11.5 Å². The van der Waals surface area contributed by atoms with Crippen LogP contribution in [0.2, 0.25) is 0 Å². The second kappa shape index (κ2) is 11.2. The number of amides is 1. The summed E-state index contributed by atoms with van der Waals surface area (Å²) in [7, 11) is 1.74. The number of hydrogen-bond acceptors (Lipinski definition) is 8. The monoisotopic (exact) mass is 561 g/mol. The molecule has 4 N–H and O–H groups in total. The van der Waals surface area contributed by atoms with E-state index in [4.69, 9.17) is 0 Å². The molecule has 3 heterocycles. The van der Waals surface area contributed by atoms with E-state index in [9.17, 15) is 28.6 Å². The maximum absolute atomic E-state index is 14.9. The molecule has 5 aromatic rings. The van der Waals surface area contributed by atoms with Crippen molar-refractivity contribution in [2.75, 3.05) is 23.8 Å². The van der Waals surface area contributed by atoms with Gasteiger partial charge in [-0.05, 0) is 42.8 Å². The van der Waals surface area contributed by atoms with Crippen LogP contribution in [0.15, 0.2) is 65.8 Å². The summed E-state index contributed by atoms with van der Waals surface area (Å²) in [6.07, 6.45) is 3.07. The van der Waals surface area contributed by atoms with Crippen molar-refractivity contribution >= 4 is 28.6 Å². The molecule has 0 atom stereocenters. The first-order valence-electron chi connectivity index (χ1n) is 12.5. The van der Waals surface area contributed by atoms with Crippen molar-refractivity contribution < 1.29 is 23.8 Å². The van der Waals surface area contributed by atoms with Gasteiger partial charge in [0.05, 0.1) is 31.3 Å². The number of para-hydroxylation sites is 1. The predicted molar refractivity (Wildman–Crippen MR) is 148 cm³/mol. The molecule has 0 unspecified atom stereocenters. The lowest BCUT2D eigenvalue weighted by molar-refractivity contribution is 0.102.